The van der Waals surface area contributed by atoms with E-state index in [4.69, 9.17) is 4.42 Å². The van der Waals surface area contributed by atoms with E-state index in [1.54, 1.807) is 6.26 Å². The van der Waals surface area contributed by atoms with E-state index >= 15 is 0 Å². The number of carbonyl (C=O) groups is 1. The molecule has 1 atom stereocenters. The van der Waals surface area contributed by atoms with Crippen LogP contribution in [0, 0.1) is 13.8 Å². The molecule has 30 heavy (non-hydrogen) atoms. The van der Waals surface area contributed by atoms with Crippen molar-refractivity contribution in [1.29, 1.82) is 0 Å². The van der Waals surface area contributed by atoms with Gasteiger partial charge in [0.2, 0.25) is 11.7 Å². The predicted octanol–water partition coefficient (Wildman–Crippen LogP) is 5.26. The van der Waals surface area contributed by atoms with Crippen molar-refractivity contribution >= 4 is 23.4 Å². The van der Waals surface area contributed by atoms with Gasteiger partial charge in [-0.1, -0.05) is 48.2 Å². The lowest BCUT2D eigenvalue weighted by atomic mass is 10.1. The Morgan fingerprint density at radius 1 is 1.00 bits per heavy atom. The maximum atomic E-state index is 12.9. The Morgan fingerprint density at radius 2 is 1.73 bits per heavy atom. The monoisotopic (exact) mass is 418 g/mol. The number of amides is 1. The van der Waals surface area contributed by atoms with Gasteiger partial charge in [0.25, 0.3) is 0 Å². The third-order valence-electron chi connectivity index (χ3n) is 4.77. The summed E-state index contributed by atoms with van der Waals surface area (Å²) in [5, 5.41) is 12.0. The minimum absolute atomic E-state index is 0.0837. The lowest BCUT2D eigenvalue weighted by Gasteiger charge is -2.16. The molecule has 6 nitrogen and oxygen atoms in total. The topological polar surface area (TPSA) is 73.0 Å². The fourth-order valence-electron chi connectivity index (χ4n) is 3.17. The van der Waals surface area contributed by atoms with E-state index in [0.717, 1.165) is 22.5 Å². The van der Waals surface area contributed by atoms with Crippen LogP contribution in [-0.2, 0) is 4.79 Å². The SMILES string of the molecule is Cc1cccc(C)c1NC(=O)C(C)Sc1nnc(-c2ccco2)n1-c1ccccc1. The van der Waals surface area contributed by atoms with Gasteiger partial charge in [-0.3, -0.25) is 9.36 Å². The molecule has 0 aliphatic carbocycles. The van der Waals surface area contributed by atoms with Gasteiger partial charge in [-0.25, -0.2) is 0 Å². The molecule has 0 saturated heterocycles. The van der Waals surface area contributed by atoms with Crippen molar-refractivity contribution in [2.24, 2.45) is 0 Å². The summed E-state index contributed by atoms with van der Waals surface area (Å²) >= 11 is 1.36. The third kappa shape index (κ3) is 4.02. The molecule has 1 unspecified atom stereocenters. The van der Waals surface area contributed by atoms with E-state index in [2.05, 4.69) is 15.5 Å². The van der Waals surface area contributed by atoms with Crippen LogP contribution in [0.25, 0.3) is 17.3 Å². The average Bonchev–Trinajstić information content (AvgIpc) is 3.41. The molecule has 0 aliphatic heterocycles. The largest absolute Gasteiger partial charge is 0.461 e. The Morgan fingerprint density at radius 3 is 2.40 bits per heavy atom. The highest BCUT2D eigenvalue weighted by Crippen LogP contribution is 2.31. The van der Waals surface area contributed by atoms with Crippen molar-refractivity contribution in [3.05, 3.63) is 78.1 Å². The van der Waals surface area contributed by atoms with Crippen LogP contribution in [0.5, 0.6) is 0 Å². The van der Waals surface area contributed by atoms with E-state index in [1.165, 1.54) is 11.8 Å². The normalized spacial score (nSPS) is 12.0. The highest BCUT2D eigenvalue weighted by molar-refractivity contribution is 8.00. The lowest BCUT2D eigenvalue weighted by molar-refractivity contribution is -0.115. The number of aromatic nitrogens is 3. The van der Waals surface area contributed by atoms with Gasteiger partial charge in [0.15, 0.2) is 10.9 Å². The molecule has 7 heteroatoms. The van der Waals surface area contributed by atoms with Crippen LogP contribution in [0.15, 0.2) is 76.5 Å². The van der Waals surface area contributed by atoms with Gasteiger partial charge < -0.3 is 9.73 Å². The minimum atomic E-state index is -0.375. The van der Waals surface area contributed by atoms with Crippen LogP contribution in [0.1, 0.15) is 18.1 Å². The fraction of sp³-hybridized carbons (Fsp3) is 0.174. The first-order valence-electron chi connectivity index (χ1n) is 9.63. The summed E-state index contributed by atoms with van der Waals surface area (Å²) in [5.41, 5.74) is 3.83. The Hall–Kier alpha value is -3.32. The van der Waals surface area contributed by atoms with Crippen LogP contribution in [0.2, 0.25) is 0 Å². The number of thioether (sulfide) groups is 1. The Kier molecular flexibility index (Phi) is 5.72. The number of hydrogen-bond donors (Lipinski definition) is 1. The molecule has 1 amide bonds. The Bertz CT molecular complexity index is 1130. The van der Waals surface area contributed by atoms with Crippen molar-refractivity contribution < 1.29 is 9.21 Å². The second-order valence-corrected chi connectivity index (χ2v) is 8.28. The quantitative estimate of drug-likeness (QED) is 0.432. The summed E-state index contributed by atoms with van der Waals surface area (Å²) in [4.78, 5) is 12.9. The fourth-order valence-corrected chi connectivity index (χ4v) is 4.04. The van der Waals surface area contributed by atoms with E-state index in [9.17, 15) is 4.79 Å². The zero-order chi connectivity index (χ0) is 21.1. The number of rotatable bonds is 6. The first-order chi connectivity index (χ1) is 14.5. The molecule has 152 valence electrons. The molecule has 0 radical (unpaired) electrons. The van der Waals surface area contributed by atoms with Gasteiger partial charge in [-0.2, -0.15) is 0 Å². The van der Waals surface area contributed by atoms with Crippen LogP contribution in [0.4, 0.5) is 5.69 Å². The molecule has 1 N–H and O–H groups in total. The van der Waals surface area contributed by atoms with Crippen LogP contribution >= 0.6 is 11.8 Å². The van der Waals surface area contributed by atoms with Gasteiger partial charge in [-0.15, -0.1) is 10.2 Å². The lowest BCUT2D eigenvalue weighted by Crippen LogP contribution is -2.23. The first kappa shape index (κ1) is 20.0. The van der Waals surface area contributed by atoms with Crippen molar-refractivity contribution in [1.82, 2.24) is 14.8 Å². The molecule has 0 spiro atoms. The number of furan rings is 1. The first-order valence-corrected chi connectivity index (χ1v) is 10.5. The molecule has 2 aromatic carbocycles. The minimum Gasteiger partial charge on any atom is -0.461 e. The molecule has 0 aliphatic rings. The number of benzene rings is 2. The zero-order valence-corrected chi connectivity index (χ0v) is 17.8. The Labute approximate surface area is 179 Å². The summed E-state index contributed by atoms with van der Waals surface area (Å²) in [5.74, 6) is 1.13. The molecule has 4 rings (SSSR count). The highest BCUT2D eigenvalue weighted by Gasteiger charge is 2.23. The molecular formula is C23H22N4O2S. The second kappa shape index (κ2) is 8.59. The van der Waals surface area contributed by atoms with Gasteiger partial charge in [0.1, 0.15) is 0 Å². The zero-order valence-electron chi connectivity index (χ0n) is 17.0. The second-order valence-electron chi connectivity index (χ2n) is 6.97. The molecule has 2 heterocycles. The van der Waals surface area contributed by atoms with Gasteiger partial charge in [0.05, 0.1) is 11.5 Å². The molecule has 0 saturated carbocycles. The summed E-state index contributed by atoms with van der Waals surface area (Å²) in [6.07, 6.45) is 1.60. The summed E-state index contributed by atoms with van der Waals surface area (Å²) < 4.78 is 7.45. The standard InChI is InChI=1S/C23H22N4O2S/c1-15-9-7-10-16(2)20(15)24-22(28)17(3)30-23-26-25-21(19-13-8-14-29-19)27(23)18-11-5-4-6-12-18/h4-14,17H,1-3H3,(H,24,28). The van der Waals surface area contributed by atoms with E-state index in [0.29, 0.717) is 16.7 Å². The van der Waals surface area contributed by atoms with E-state index < -0.39 is 0 Å². The van der Waals surface area contributed by atoms with Crippen molar-refractivity contribution in [3.8, 4) is 17.3 Å². The Balaban J connectivity index is 1.62. The molecule has 4 aromatic rings. The summed E-state index contributed by atoms with van der Waals surface area (Å²) in [6.45, 7) is 5.84. The van der Waals surface area contributed by atoms with Gasteiger partial charge in [-0.05, 0) is 56.2 Å². The molecular weight excluding hydrogens is 396 g/mol. The number of carbonyl (C=O) groups excluding carboxylic acids is 1. The third-order valence-corrected chi connectivity index (χ3v) is 5.81. The van der Waals surface area contributed by atoms with Crippen molar-refractivity contribution in [2.75, 3.05) is 5.32 Å². The number of nitrogens with one attached hydrogen (secondary N) is 1. The number of nitrogens with zero attached hydrogens (tertiary/aromatic N) is 3. The maximum Gasteiger partial charge on any atom is 0.237 e. The van der Waals surface area contributed by atoms with Crippen LogP contribution in [0.3, 0.4) is 0 Å². The van der Waals surface area contributed by atoms with Crippen LogP contribution in [-0.4, -0.2) is 25.9 Å². The summed E-state index contributed by atoms with van der Waals surface area (Å²) in [6, 6.07) is 19.4. The molecule has 2 aromatic heterocycles. The number of hydrogen-bond acceptors (Lipinski definition) is 5. The summed E-state index contributed by atoms with van der Waals surface area (Å²) in [7, 11) is 0. The van der Waals surface area contributed by atoms with Crippen molar-refractivity contribution in [3.63, 3.8) is 0 Å². The maximum absolute atomic E-state index is 12.9. The molecule has 0 bridgehead atoms. The predicted molar refractivity (Wildman–Crippen MR) is 119 cm³/mol. The number of anilines is 1. The number of para-hydroxylation sites is 2. The highest BCUT2D eigenvalue weighted by atomic mass is 32.2. The average molecular weight is 419 g/mol. The van der Waals surface area contributed by atoms with Crippen molar-refractivity contribution in [2.45, 2.75) is 31.2 Å². The van der Waals surface area contributed by atoms with E-state index in [1.807, 2.05) is 86.0 Å². The van der Waals surface area contributed by atoms with Gasteiger partial charge in [0, 0.05) is 11.4 Å². The number of aryl methyl sites for hydroxylation is 2. The van der Waals surface area contributed by atoms with Gasteiger partial charge >= 0.3 is 0 Å². The van der Waals surface area contributed by atoms with E-state index in [-0.39, 0.29) is 11.2 Å². The smallest absolute Gasteiger partial charge is 0.237 e. The molecule has 0 fully saturated rings. The van der Waals surface area contributed by atoms with Crippen LogP contribution < -0.4 is 5.32 Å².